The van der Waals surface area contributed by atoms with Crippen molar-refractivity contribution in [2.45, 2.75) is 13.3 Å². The average molecular weight is 563 g/mol. The first-order valence-corrected chi connectivity index (χ1v) is 14.7. The number of ether oxygens (including phenoxy) is 1. The molecule has 12 heteroatoms. The van der Waals surface area contributed by atoms with E-state index in [9.17, 15) is 19.1 Å². The van der Waals surface area contributed by atoms with Crippen molar-refractivity contribution in [2.75, 3.05) is 27.2 Å². The summed E-state index contributed by atoms with van der Waals surface area (Å²) in [7, 11) is -6.34. The Balaban J connectivity index is 2.00. The van der Waals surface area contributed by atoms with Crippen molar-refractivity contribution in [3.05, 3.63) is 89.5 Å². The highest BCUT2D eigenvalue weighted by Gasteiger charge is 2.33. The van der Waals surface area contributed by atoms with E-state index in [2.05, 4.69) is 4.31 Å². The van der Waals surface area contributed by atoms with E-state index in [1.54, 1.807) is 24.3 Å². The van der Waals surface area contributed by atoms with Gasteiger partial charge in [0.25, 0.3) is 0 Å². The fourth-order valence-corrected chi connectivity index (χ4v) is 5.33. The van der Waals surface area contributed by atoms with Gasteiger partial charge in [0.05, 0.1) is 0 Å². The lowest BCUT2D eigenvalue weighted by molar-refractivity contribution is 0.229. The smallest absolute Gasteiger partial charge is 0.508 e. The van der Waals surface area contributed by atoms with Crippen LogP contribution in [0.25, 0.3) is 11.1 Å². The zero-order valence-electron chi connectivity index (χ0n) is 21.2. The Morgan fingerprint density at radius 2 is 1.29 bits per heavy atom. The van der Waals surface area contributed by atoms with Crippen molar-refractivity contribution in [1.29, 1.82) is 0 Å². The third-order valence-electron chi connectivity index (χ3n) is 5.39. The Kier molecular flexibility index (Phi) is 9.93. The van der Waals surface area contributed by atoms with Gasteiger partial charge in [0.15, 0.2) is 0 Å². The first-order chi connectivity index (χ1) is 17.9. The van der Waals surface area contributed by atoms with Crippen LogP contribution < -0.4 is 9.26 Å². The maximum absolute atomic E-state index is 11.9. The monoisotopic (exact) mass is 563 g/mol. The molecule has 0 aliphatic rings. The van der Waals surface area contributed by atoms with E-state index < -0.39 is 15.6 Å². The summed E-state index contributed by atoms with van der Waals surface area (Å²) in [6, 6.07) is 20.7. The van der Waals surface area contributed by atoms with E-state index in [0.29, 0.717) is 13.0 Å². The number of rotatable bonds is 12. The maximum Gasteiger partial charge on any atom is 0.536 e. The number of aromatic hydroxyl groups is 1. The highest BCUT2D eigenvalue weighted by molar-refractivity contribution is 7.60. The van der Waals surface area contributed by atoms with Crippen molar-refractivity contribution in [1.82, 2.24) is 4.90 Å². The van der Waals surface area contributed by atoms with Crippen LogP contribution in [0, 0.1) is 0 Å². The van der Waals surface area contributed by atoms with Crippen LogP contribution in [0.1, 0.15) is 30.0 Å². The van der Waals surface area contributed by atoms with Crippen LogP contribution in [-0.2, 0) is 13.4 Å². The molecule has 0 radical (unpaired) electrons. The van der Waals surface area contributed by atoms with Crippen molar-refractivity contribution < 1.29 is 42.5 Å². The van der Waals surface area contributed by atoms with E-state index in [1.807, 2.05) is 62.3 Å². The molecule has 0 amide bonds. The molecule has 3 aromatic rings. The number of phenols is 1. The molecular weight excluding hydrogens is 532 g/mol. The largest absolute Gasteiger partial charge is 0.536 e. The van der Waals surface area contributed by atoms with Crippen molar-refractivity contribution in [2.24, 2.45) is 0 Å². The van der Waals surface area contributed by atoms with E-state index in [-0.39, 0.29) is 11.5 Å². The summed E-state index contributed by atoms with van der Waals surface area (Å²) in [5.74, 6) is 0.766. The topological polar surface area (TPSA) is 146 Å². The van der Waals surface area contributed by atoms with Gasteiger partial charge in [-0.15, -0.1) is 0 Å². The summed E-state index contributed by atoms with van der Waals surface area (Å²) in [6.07, 6.45) is 0.654. The predicted octanol–water partition coefficient (Wildman–Crippen LogP) is 5.29. The maximum atomic E-state index is 11.9. The highest BCUT2D eigenvalue weighted by Crippen LogP contribution is 2.57. The van der Waals surface area contributed by atoms with Gasteiger partial charge in [0.1, 0.15) is 23.9 Å². The van der Waals surface area contributed by atoms with Crippen LogP contribution in [0.5, 0.6) is 17.2 Å². The zero-order chi connectivity index (χ0) is 27.9. The Bertz CT molecular complexity index is 1330. The van der Waals surface area contributed by atoms with Gasteiger partial charge in [-0.25, -0.2) is 9.13 Å². The van der Waals surface area contributed by atoms with E-state index in [1.165, 1.54) is 12.1 Å². The number of nitrogens with zero attached hydrogens (tertiary/aromatic N) is 1. The Hall–Kier alpha value is -2.94. The van der Waals surface area contributed by atoms with Crippen LogP contribution in [0.4, 0.5) is 0 Å². The molecule has 0 aliphatic heterocycles. The third-order valence-corrected chi connectivity index (χ3v) is 7.51. The van der Waals surface area contributed by atoms with Crippen molar-refractivity contribution in [3.8, 4) is 17.2 Å². The molecule has 38 heavy (non-hydrogen) atoms. The molecule has 1 unspecified atom stereocenters. The molecule has 3 aromatic carbocycles. The Labute approximate surface area is 221 Å². The van der Waals surface area contributed by atoms with Gasteiger partial charge in [-0.1, -0.05) is 43.3 Å². The molecule has 3 rings (SSSR count). The molecule has 1 atom stereocenters. The number of benzene rings is 3. The predicted molar refractivity (Wildman–Crippen MR) is 145 cm³/mol. The molecule has 0 spiro atoms. The van der Waals surface area contributed by atoms with E-state index >= 15 is 0 Å². The van der Waals surface area contributed by atoms with Crippen LogP contribution in [0.15, 0.2) is 72.8 Å². The summed E-state index contributed by atoms with van der Waals surface area (Å²) in [5, 5.41) is 9.76. The lowest BCUT2D eigenvalue weighted by atomic mass is 9.88. The number of phenolic OH excluding ortho intramolecular Hbond substituents is 1. The second kappa shape index (κ2) is 12.7. The molecule has 0 aromatic heterocycles. The normalized spacial score (nSPS) is 14.1. The van der Waals surface area contributed by atoms with Gasteiger partial charge in [-0.05, 0) is 84.8 Å². The second-order valence-corrected chi connectivity index (χ2v) is 11.3. The number of likely N-dealkylation sites (N-methyl/N-ethyl adjacent to an activating group) is 1. The first kappa shape index (κ1) is 29.6. The van der Waals surface area contributed by atoms with Crippen LogP contribution in [0.3, 0.4) is 0 Å². The summed E-state index contributed by atoms with van der Waals surface area (Å²) in [5.41, 5.74) is 4.41. The third kappa shape index (κ3) is 8.82. The number of phosphoric ester groups is 1. The van der Waals surface area contributed by atoms with Crippen molar-refractivity contribution >= 4 is 26.8 Å². The van der Waals surface area contributed by atoms with Crippen molar-refractivity contribution in [3.63, 3.8) is 0 Å². The zero-order valence-corrected chi connectivity index (χ0v) is 23.0. The summed E-state index contributed by atoms with van der Waals surface area (Å²) >= 11 is 0. The molecular formula is C26H31NO9P2. The van der Waals surface area contributed by atoms with Gasteiger partial charge < -0.3 is 29.1 Å². The Morgan fingerprint density at radius 1 is 0.789 bits per heavy atom. The minimum absolute atomic E-state index is 0.111. The summed E-state index contributed by atoms with van der Waals surface area (Å²) < 4.78 is 37.4. The molecule has 10 nitrogen and oxygen atoms in total. The molecule has 0 saturated heterocycles. The summed E-state index contributed by atoms with van der Waals surface area (Å²) in [6.45, 7) is 3.34. The number of phosphoric acid groups is 2. The van der Waals surface area contributed by atoms with Gasteiger partial charge >= 0.3 is 15.6 Å². The minimum atomic E-state index is -5.24. The molecule has 0 heterocycles. The quantitative estimate of drug-likeness (QED) is 0.169. The lowest BCUT2D eigenvalue weighted by Crippen LogP contribution is -2.19. The van der Waals surface area contributed by atoms with Crippen LogP contribution in [-0.4, -0.2) is 51.9 Å². The van der Waals surface area contributed by atoms with Gasteiger partial charge in [0, 0.05) is 6.54 Å². The lowest BCUT2D eigenvalue weighted by Gasteiger charge is -2.18. The molecule has 0 aliphatic carbocycles. The Morgan fingerprint density at radius 3 is 1.76 bits per heavy atom. The number of hydrogen-bond donors (Lipinski definition) is 4. The standard InChI is InChI=1S/C26H31NO9P2/c1-4-25(19-5-11-22(28)12-6-19)26(20-7-13-23(14-8-20)34-18-17-27(2)3)21-9-15-24(16-10-21)35-38(32,33)36-37(29,30)31/h5-16,28H,4,17-18H2,1-3H3,(H,32,33)(H2,29,30,31). The number of hydrogen-bond acceptors (Lipinski definition) is 7. The van der Waals surface area contributed by atoms with Gasteiger partial charge in [0.2, 0.25) is 0 Å². The van der Waals surface area contributed by atoms with Crippen LogP contribution in [0.2, 0.25) is 0 Å². The fraction of sp³-hybridized carbons (Fsp3) is 0.231. The minimum Gasteiger partial charge on any atom is -0.508 e. The average Bonchev–Trinajstić information content (AvgIpc) is 2.82. The molecule has 0 bridgehead atoms. The fourth-order valence-electron chi connectivity index (χ4n) is 3.73. The molecule has 4 N–H and O–H groups in total. The highest BCUT2D eigenvalue weighted by atomic mass is 31.3. The first-order valence-electron chi connectivity index (χ1n) is 11.7. The molecule has 0 saturated carbocycles. The second-order valence-electron chi connectivity index (χ2n) is 8.59. The number of allylic oxidation sites excluding steroid dienone is 1. The molecule has 0 fully saturated rings. The van der Waals surface area contributed by atoms with Crippen LogP contribution >= 0.6 is 15.6 Å². The van der Waals surface area contributed by atoms with E-state index in [0.717, 1.165) is 40.1 Å². The van der Waals surface area contributed by atoms with E-state index in [4.69, 9.17) is 19.0 Å². The SMILES string of the molecule is CCC(=C(c1ccc(OCCN(C)C)cc1)c1ccc(OP(=O)(O)OP(=O)(O)O)cc1)c1ccc(O)cc1. The molecule has 204 valence electrons. The van der Waals surface area contributed by atoms with Gasteiger partial charge in [-0.2, -0.15) is 4.31 Å². The summed E-state index contributed by atoms with van der Waals surface area (Å²) in [4.78, 5) is 29.3. The van der Waals surface area contributed by atoms with Gasteiger partial charge in [-0.3, -0.25) is 4.89 Å².